The second-order valence-corrected chi connectivity index (χ2v) is 6.00. The zero-order valence-electron chi connectivity index (χ0n) is 14.3. The van der Waals surface area contributed by atoms with Crippen LogP contribution in [-0.2, 0) is 20.7 Å². The standard InChI is InChI=1S/C20H22ClNO3/c1-2-25-20(24)14-15-22(18-11-9-17(21)10-12-18)19(23)13-8-16-6-4-3-5-7-16/h3-7,9-12H,2,8,13-15H2,1H3. The number of nitrogens with zero attached hydrogens (tertiary/aromatic N) is 1. The van der Waals surface area contributed by atoms with Crippen LogP contribution in [-0.4, -0.2) is 25.0 Å². The van der Waals surface area contributed by atoms with Crippen molar-refractivity contribution in [1.82, 2.24) is 0 Å². The summed E-state index contributed by atoms with van der Waals surface area (Å²) in [6.45, 7) is 2.38. The topological polar surface area (TPSA) is 46.6 Å². The molecule has 2 aromatic carbocycles. The van der Waals surface area contributed by atoms with Gasteiger partial charge in [0, 0.05) is 23.7 Å². The molecule has 0 aromatic heterocycles. The fraction of sp³-hybridized carbons (Fsp3) is 0.300. The Hall–Kier alpha value is -2.33. The van der Waals surface area contributed by atoms with Gasteiger partial charge in [0.25, 0.3) is 0 Å². The maximum Gasteiger partial charge on any atom is 0.307 e. The maximum atomic E-state index is 12.7. The molecule has 0 spiro atoms. The Morgan fingerprint density at radius 2 is 1.68 bits per heavy atom. The summed E-state index contributed by atoms with van der Waals surface area (Å²) in [4.78, 5) is 26.0. The molecule has 0 aliphatic rings. The Labute approximate surface area is 153 Å². The van der Waals surface area contributed by atoms with Gasteiger partial charge in [-0.15, -0.1) is 0 Å². The largest absolute Gasteiger partial charge is 0.466 e. The number of esters is 1. The number of amides is 1. The van der Waals surface area contributed by atoms with E-state index in [4.69, 9.17) is 16.3 Å². The third kappa shape index (κ3) is 6.24. The van der Waals surface area contributed by atoms with Gasteiger partial charge in [-0.1, -0.05) is 41.9 Å². The second-order valence-electron chi connectivity index (χ2n) is 5.56. The van der Waals surface area contributed by atoms with Gasteiger partial charge < -0.3 is 9.64 Å². The fourth-order valence-electron chi connectivity index (χ4n) is 2.49. The highest BCUT2D eigenvalue weighted by molar-refractivity contribution is 6.30. The first-order chi connectivity index (χ1) is 12.1. The number of hydrogen-bond acceptors (Lipinski definition) is 3. The van der Waals surface area contributed by atoms with E-state index in [9.17, 15) is 9.59 Å². The molecule has 1 amide bonds. The Bertz CT molecular complexity index is 686. The fourth-order valence-corrected chi connectivity index (χ4v) is 2.61. The molecule has 0 saturated carbocycles. The molecule has 132 valence electrons. The molecular weight excluding hydrogens is 338 g/mol. The highest BCUT2D eigenvalue weighted by Gasteiger charge is 2.17. The van der Waals surface area contributed by atoms with E-state index in [1.807, 2.05) is 30.3 Å². The van der Waals surface area contributed by atoms with Gasteiger partial charge in [0.2, 0.25) is 5.91 Å². The summed E-state index contributed by atoms with van der Waals surface area (Å²) in [6.07, 6.45) is 1.19. The van der Waals surface area contributed by atoms with Gasteiger partial charge in [-0.2, -0.15) is 0 Å². The van der Waals surface area contributed by atoms with Crippen LogP contribution in [0.25, 0.3) is 0 Å². The predicted octanol–water partition coefficient (Wildman–Crippen LogP) is 4.26. The number of carbonyl (C=O) groups is 2. The smallest absolute Gasteiger partial charge is 0.307 e. The molecule has 0 heterocycles. The molecule has 0 bridgehead atoms. The summed E-state index contributed by atoms with van der Waals surface area (Å²) in [6, 6.07) is 16.9. The summed E-state index contributed by atoms with van der Waals surface area (Å²) < 4.78 is 4.96. The van der Waals surface area contributed by atoms with E-state index in [0.29, 0.717) is 24.5 Å². The van der Waals surface area contributed by atoms with Crippen LogP contribution in [0.1, 0.15) is 25.3 Å². The van der Waals surface area contributed by atoms with E-state index in [-0.39, 0.29) is 24.8 Å². The Kier molecular flexibility index (Phi) is 7.48. The van der Waals surface area contributed by atoms with E-state index in [0.717, 1.165) is 11.3 Å². The van der Waals surface area contributed by atoms with Crippen LogP contribution in [0.3, 0.4) is 0 Å². The molecule has 5 heteroatoms. The number of rotatable bonds is 8. The molecule has 4 nitrogen and oxygen atoms in total. The van der Waals surface area contributed by atoms with Crippen LogP contribution >= 0.6 is 11.6 Å². The Morgan fingerprint density at radius 1 is 1.00 bits per heavy atom. The third-order valence-corrected chi connectivity index (χ3v) is 4.01. The number of hydrogen-bond donors (Lipinski definition) is 0. The molecule has 0 unspecified atom stereocenters. The van der Waals surface area contributed by atoms with E-state index in [1.54, 1.807) is 36.1 Å². The van der Waals surface area contributed by atoms with E-state index >= 15 is 0 Å². The summed E-state index contributed by atoms with van der Waals surface area (Å²) in [5.41, 5.74) is 1.84. The summed E-state index contributed by atoms with van der Waals surface area (Å²) in [5, 5.41) is 0.603. The molecular formula is C20H22ClNO3. The summed E-state index contributed by atoms with van der Waals surface area (Å²) >= 11 is 5.93. The van der Waals surface area contributed by atoms with Crippen LogP contribution in [0.5, 0.6) is 0 Å². The van der Waals surface area contributed by atoms with E-state index < -0.39 is 0 Å². The molecule has 0 radical (unpaired) electrons. The minimum atomic E-state index is -0.308. The lowest BCUT2D eigenvalue weighted by Gasteiger charge is -2.23. The van der Waals surface area contributed by atoms with Crippen molar-refractivity contribution in [2.45, 2.75) is 26.2 Å². The van der Waals surface area contributed by atoms with Gasteiger partial charge in [-0.25, -0.2) is 0 Å². The molecule has 0 fully saturated rings. The molecule has 0 N–H and O–H groups in total. The lowest BCUT2D eigenvalue weighted by molar-refractivity contribution is -0.142. The quantitative estimate of drug-likeness (QED) is 0.661. The van der Waals surface area contributed by atoms with Crippen LogP contribution in [0, 0.1) is 0 Å². The average molecular weight is 360 g/mol. The summed E-state index contributed by atoms with van der Waals surface area (Å²) in [5.74, 6) is -0.340. The van der Waals surface area contributed by atoms with Crippen molar-refractivity contribution in [3.05, 3.63) is 65.2 Å². The third-order valence-electron chi connectivity index (χ3n) is 3.75. The van der Waals surface area contributed by atoms with Crippen LogP contribution in [0.2, 0.25) is 5.02 Å². The molecule has 0 atom stereocenters. The molecule has 0 saturated heterocycles. The normalized spacial score (nSPS) is 10.3. The van der Waals surface area contributed by atoms with Crippen molar-refractivity contribution < 1.29 is 14.3 Å². The monoisotopic (exact) mass is 359 g/mol. The first kappa shape index (κ1) is 19.0. The first-order valence-corrected chi connectivity index (χ1v) is 8.73. The second kappa shape index (κ2) is 9.84. The molecule has 0 aliphatic heterocycles. The van der Waals surface area contributed by atoms with Gasteiger partial charge in [0.1, 0.15) is 0 Å². The number of carbonyl (C=O) groups excluding carboxylic acids is 2. The van der Waals surface area contributed by atoms with Gasteiger partial charge in [-0.05, 0) is 43.2 Å². The van der Waals surface area contributed by atoms with Gasteiger partial charge in [-0.3, -0.25) is 9.59 Å². The van der Waals surface area contributed by atoms with Crippen molar-refractivity contribution in [1.29, 1.82) is 0 Å². The minimum Gasteiger partial charge on any atom is -0.466 e. The number of ether oxygens (including phenoxy) is 1. The van der Waals surface area contributed by atoms with Crippen molar-refractivity contribution in [2.75, 3.05) is 18.1 Å². The summed E-state index contributed by atoms with van der Waals surface area (Å²) in [7, 11) is 0. The number of anilines is 1. The van der Waals surface area contributed by atoms with Crippen molar-refractivity contribution >= 4 is 29.2 Å². The predicted molar refractivity (Wildman–Crippen MR) is 99.8 cm³/mol. The molecule has 2 rings (SSSR count). The Morgan fingerprint density at radius 3 is 2.32 bits per heavy atom. The zero-order valence-corrected chi connectivity index (χ0v) is 15.0. The zero-order chi connectivity index (χ0) is 18.1. The van der Waals surface area contributed by atoms with Crippen molar-refractivity contribution in [3.63, 3.8) is 0 Å². The highest BCUT2D eigenvalue weighted by atomic mass is 35.5. The lowest BCUT2D eigenvalue weighted by atomic mass is 10.1. The van der Waals surface area contributed by atoms with Crippen LogP contribution in [0.15, 0.2) is 54.6 Å². The lowest BCUT2D eigenvalue weighted by Crippen LogP contribution is -2.33. The highest BCUT2D eigenvalue weighted by Crippen LogP contribution is 2.20. The van der Waals surface area contributed by atoms with Crippen molar-refractivity contribution in [2.24, 2.45) is 0 Å². The Balaban J connectivity index is 2.05. The number of benzene rings is 2. The number of halogens is 1. The van der Waals surface area contributed by atoms with E-state index in [1.165, 1.54) is 0 Å². The molecule has 0 aliphatic carbocycles. The van der Waals surface area contributed by atoms with Gasteiger partial charge >= 0.3 is 5.97 Å². The van der Waals surface area contributed by atoms with Gasteiger partial charge in [0.05, 0.1) is 13.0 Å². The minimum absolute atomic E-state index is 0.0320. The SMILES string of the molecule is CCOC(=O)CCN(C(=O)CCc1ccccc1)c1ccc(Cl)cc1. The molecule has 25 heavy (non-hydrogen) atoms. The van der Waals surface area contributed by atoms with Gasteiger partial charge in [0.15, 0.2) is 0 Å². The van der Waals surface area contributed by atoms with E-state index in [2.05, 4.69) is 0 Å². The first-order valence-electron chi connectivity index (χ1n) is 8.35. The van der Waals surface area contributed by atoms with Crippen molar-refractivity contribution in [3.8, 4) is 0 Å². The maximum absolute atomic E-state index is 12.7. The molecule has 2 aromatic rings. The van der Waals surface area contributed by atoms with Crippen LogP contribution in [0.4, 0.5) is 5.69 Å². The number of aryl methyl sites for hydroxylation is 1. The van der Waals surface area contributed by atoms with Crippen LogP contribution < -0.4 is 4.90 Å². The average Bonchev–Trinajstić information content (AvgIpc) is 2.62.